The molecule has 2 heterocycles. The van der Waals surface area contributed by atoms with Crippen LogP contribution in [0.3, 0.4) is 0 Å². The van der Waals surface area contributed by atoms with Crippen molar-refractivity contribution in [3.8, 4) is 11.5 Å². The molecule has 66 valence electrons. The predicted octanol–water partition coefficient (Wildman–Crippen LogP) is 0.774. The molecule has 0 aliphatic carbocycles. The van der Waals surface area contributed by atoms with Gasteiger partial charge in [0.05, 0.1) is 6.61 Å². The van der Waals surface area contributed by atoms with E-state index >= 15 is 0 Å². The molecule has 0 atom stereocenters. The van der Waals surface area contributed by atoms with Gasteiger partial charge in [-0.05, 0) is 23.2 Å². The van der Waals surface area contributed by atoms with Crippen LogP contribution in [-0.2, 0) is 11.3 Å². The topological polar surface area (TPSA) is 27.7 Å². The molecule has 0 unspecified atom stereocenters. The number of hydrogen-bond acceptors (Lipinski definition) is 3. The number of fused-ring (bicyclic) bond motifs is 2. The van der Waals surface area contributed by atoms with Gasteiger partial charge in [-0.15, -0.1) is 0 Å². The molecule has 4 heteroatoms. The van der Waals surface area contributed by atoms with Crippen molar-refractivity contribution in [1.29, 1.82) is 0 Å². The molecule has 0 bridgehead atoms. The van der Waals surface area contributed by atoms with Crippen LogP contribution in [-0.4, -0.2) is 13.7 Å². The average Bonchev–Trinajstić information content (AvgIpc) is 2.70. The second-order valence-corrected chi connectivity index (χ2v) is 3.36. The Bertz CT molecular complexity index is 364. The van der Waals surface area contributed by atoms with E-state index in [1.165, 1.54) is 11.0 Å². The summed E-state index contributed by atoms with van der Waals surface area (Å²) in [5.74, 6) is 1.69. The van der Waals surface area contributed by atoms with Gasteiger partial charge in [-0.2, -0.15) is 0 Å². The maximum atomic E-state index is 5.49. The molecule has 2 aliphatic heterocycles. The molecule has 0 saturated heterocycles. The normalized spacial score (nSPS) is 17.8. The molecule has 0 aromatic heterocycles. The van der Waals surface area contributed by atoms with Gasteiger partial charge >= 0.3 is 6.92 Å². The maximum absolute atomic E-state index is 5.49. The summed E-state index contributed by atoms with van der Waals surface area (Å²) in [5.41, 5.74) is 2.45. The lowest BCUT2D eigenvalue weighted by Crippen LogP contribution is -2.23. The monoisotopic (exact) mass is 176 g/mol. The fourth-order valence-electron chi connectivity index (χ4n) is 1.81. The quantitative estimate of drug-likeness (QED) is 0.546. The van der Waals surface area contributed by atoms with Crippen molar-refractivity contribution in [1.82, 2.24) is 0 Å². The minimum Gasteiger partial charge on any atom is -0.454 e. The van der Waals surface area contributed by atoms with Crippen molar-refractivity contribution in [2.45, 2.75) is 13.4 Å². The first kappa shape index (κ1) is 7.27. The fraction of sp³-hybridized carbons (Fsp3) is 0.333. The van der Waals surface area contributed by atoms with Crippen LogP contribution >= 0.6 is 0 Å². The standard InChI is InChI=1S/C9H9BO3/c1-10-7-3-9-8(11-5-12-9)2-6(7)4-13-10/h2-3H,4-5H2,1H3. The molecule has 13 heavy (non-hydrogen) atoms. The number of rotatable bonds is 0. The molecule has 1 aromatic rings. The van der Waals surface area contributed by atoms with E-state index in [2.05, 4.69) is 0 Å². The Morgan fingerprint density at radius 1 is 1.23 bits per heavy atom. The van der Waals surface area contributed by atoms with Crippen LogP contribution in [0.15, 0.2) is 12.1 Å². The zero-order chi connectivity index (χ0) is 8.84. The maximum Gasteiger partial charge on any atom is 0.324 e. The average molecular weight is 176 g/mol. The smallest absolute Gasteiger partial charge is 0.324 e. The fourth-order valence-corrected chi connectivity index (χ4v) is 1.81. The molecular weight excluding hydrogens is 167 g/mol. The Hall–Kier alpha value is -1.16. The molecule has 1 aromatic carbocycles. The molecule has 0 N–H and O–H groups in total. The van der Waals surface area contributed by atoms with Crippen molar-refractivity contribution >= 4 is 12.4 Å². The molecule has 0 spiro atoms. The van der Waals surface area contributed by atoms with Crippen LogP contribution in [0.1, 0.15) is 5.56 Å². The van der Waals surface area contributed by atoms with Crippen LogP contribution in [0.4, 0.5) is 0 Å². The first-order valence-corrected chi connectivity index (χ1v) is 4.38. The molecule has 0 fully saturated rings. The zero-order valence-corrected chi connectivity index (χ0v) is 7.37. The SMILES string of the molecule is CB1OCc2cc3c(cc21)OCO3. The summed E-state index contributed by atoms with van der Waals surface area (Å²) in [6.45, 7) is 3.26. The van der Waals surface area contributed by atoms with Gasteiger partial charge in [0.15, 0.2) is 11.5 Å². The van der Waals surface area contributed by atoms with Gasteiger partial charge in [0.1, 0.15) is 0 Å². The Labute approximate surface area is 76.7 Å². The minimum atomic E-state index is 0.185. The molecule has 0 saturated carbocycles. The van der Waals surface area contributed by atoms with Crippen molar-refractivity contribution in [3.05, 3.63) is 17.7 Å². The van der Waals surface area contributed by atoms with Crippen molar-refractivity contribution < 1.29 is 14.1 Å². The van der Waals surface area contributed by atoms with Gasteiger partial charge < -0.3 is 14.1 Å². The Balaban J connectivity index is 2.16. The lowest BCUT2D eigenvalue weighted by atomic mass is 9.64. The predicted molar refractivity (Wildman–Crippen MR) is 48.6 cm³/mol. The van der Waals surface area contributed by atoms with Gasteiger partial charge in [-0.3, -0.25) is 0 Å². The molecule has 3 nitrogen and oxygen atoms in total. The van der Waals surface area contributed by atoms with E-state index in [1.54, 1.807) is 0 Å². The molecular formula is C9H9BO3. The van der Waals surface area contributed by atoms with Crippen molar-refractivity contribution in [2.75, 3.05) is 6.79 Å². The van der Waals surface area contributed by atoms with E-state index < -0.39 is 0 Å². The van der Waals surface area contributed by atoms with Gasteiger partial charge in [0.2, 0.25) is 6.79 Å². The first-order valence-electron chi connectivity index (χ1n) is 4.38. The van der Waals surface area contributed by atoms with Gasteiger partial charge in [0, 0.05) is 0 Å². The van der Waals surface area contributed by atoms with E-state index in [-0.39, 0.29) is 6.92 Å². The lowest BCUT2D eigenvalue weighted by molar-refractivity contribution is 0.174. The highest BCUT2D eigenvalue weighted by atomic mass is 16.7. The molecule has 0 radical (unpaired) electrons. The molecule has 0 amide bonds. The third-order valence-corrected chi connectivity index (χ3v) is 2.56. The van der Waals surface area contributed by atoms with E-state index in [9.17, 15) is 0 Å². The molecule has 2 aliphatic rings. The van der Waals surface area contributed by atoms with E-state index in [4.69, 9.17) is 14.1 Å². The van der Waals surface area contributed by atoms with Crippen LogP contribution in [0.2, 0.25) is 6.82 Å². The summed E-state index contributed by atoms with van der Waals surface area (Å²) in [5, 5.41) is 0. The van der Waals surface area contributed by atoms with E-state index in [0.717, 1.165) is 11.5 Å². The van der Waals surface area contributed by atoms with Crippen LogP contribution < -0.4 is 14.9 Å². The minimum absolute atomic E-state index is 0.185. The van der Waals surface area contributed by atoms with Gasteiger partial charge in [-0.25, -0.2) is 0 Å². The Kier molecular flexibility index (Phi) is 1.35. The third kappa shape index (κ3) is 0.953. The Morgan fingerprint density at radius 3 is 2.85 bits per heavy atom. The largest absolute Gasteiger partial charge is 0.454 e. The molecule has 3 rings (SSSR count). The second kappa shape index (κ2) is 2.42. The zero-order valence-electron chi connectivity index (χ0n) is 7.37. The Morgan fingerprint density at radius 2 is 2.00 bits per heavy atom. The summed E-state index contributed by atoms with van der Waals surface area (Å²) in [7, 11) is 0. The van der Waals surface area contributed by atoms with Crippen molar-refractivity contribution in [2.24, 2.45) is 0 Å². The van der Waals surface area contributed by atoms with Crippen LogP contribution in [0.5, 0.6) is 11.5 Å². The number of hydrogen-bond donors (Lipinski definition) is 0. The highest BCUT2D eigenvalue weighted by molar-refractivity contribution is 6.67. The van der Waals surface area contributed by atoms with Crippen LogP contribution in [0.25, 0.3) is 0 Å². The highest BCUT2D eigenvalue weighted by Gasteiger charge is 2.27. The van der Waals surface area contributed by atoms with Crippen LogP contribution in [0, 0.1) is 0 Å². The summed E-state index contributed by atoms with van der Waals surface area (Å²) >= 11 is 0. The lowest BCUT2D eigenvalue weighted by Gasteiger charge is -2.01. The summed E-state index contributed by atoms with van der Waals surface area (Å²) in [4.78, 5) is 0. The number of benzene rings is 1. The van der Waals surface area contributed by atoms with Gasteiger partial charge in [-0.1, -0.05) is 6.82 Å². The first-order chi connectivity index (χ1) is 6.34. The number of ether oxygens (including phenoxy) is 2. The van der Waals surface area contributed by atoms with Gasteiger partial charge in [0.25, 0.3) is 0 Å². The summed E-state index contributed by atoms with van der Waals surface area (Å²) in [6.07, 6.45) is 0. The second-order valence-electron chi connectivity index (χ2n) is 3.36. The van der Waals surface area contributed by atoms with Crippen molar-refractivity contribution in [3.63, 3.8) is 0 Å². The summed E-state index contributed by atoms with van der Waals surface area (Å²) in [6, 6.07) is 4.04. The summed E-state index contributed by atoms with van der Waals surface area (Å²) < 4.78 is 16.1. The highest BCUT2D eigenvalue weighted by Crippen LogP contribution is 2.33. The van der Waals surface area contributed by atoms with E-state index in [1.807, 2.05) is 19.0 Å². The third-order valence-electron chi connectivity index (χ3n) is 2.56. The van der Waals surface area contributed by atoms with E-state index in [0.29, 0.717) is 13.4 Å².